The van der Waals surface area contributed by atoms with Gasteiger partial charge >= 0.3 is 0 Å². The number of hydrogen-bond acceptors (Lipinski definition) is 4. The minimum atomic E-state index is -3.84. The lowest BCUT2D eigenvalue weighted by molar-refractivity contribution is 0.102. The second-order valence-corrected chi connectivity index (χ2v) is 10.9. The SMILES string of the molecule is CCN(CC)S(=O)(=O)c1ccc(F)c(C(=O)Nc2cc(C(C)(C)C)nn2Cc2ccccc2)c1. The van der Waals surface area contributed by atoms with E-state index in [4.69, 9.17) is 0 Å². The molecule has 2 aromatic carbocycles. The van der Waals surface area contributed by atoms with Crippen molar-refractivity contribution in [3.05, 3.63) is 77.2 Å². The Kier molecular flexibility index (Phi) is 7.57. The zero-order valence-electron chi connectivity index (χ0n) is 20.2. The Morgan fingerprint density at radius 2 is 1.71 bits per heavy atom. The molecule has 1 N–H and O–H groups in total. The number of carbonyl (C=O) groups is 1. The Labute approximate surface area is 200 Å². The predicted molar refractivity (Wildman–Crippen MR) is 131 cm³/mol. The van der Waals surface area contributed by atoms with Gasteiger partial charge in [-0.25, -0.2) is 17.5 Å². The third kappa shape index (κ3) is 5.53. The molecule has 0 aliphatic carbocycles. The van der Waals surface area contributed by atoms with E-state index in [1.807, 2.05) is 51.1 Å². The Bertz CT molecular complexity index is 1260. The summed E-state index contributed by atoms with van der Waals surface area (Å²) in [4.78, 5) is 13.0. The number of nitrogens with zero attached hydrogens (tertiary/aromatic N) is 3. The number of rotatable bonds is 8. The third-order valence-electron chi connectivity index (χ3n) is 5.49. The van der Waals surface area contributed by atoms with Crippen molar-refractivity contribution in [3.63, 3.8) is 0 Å². The van der Waals surface area contributed by atoms with Gasteiger partial charge in [0.1, 0.15) is 11.6 Å². The summed E-state index contributed by atoms with van der Waals surface area (Å²) in [6, 6.07) is 14.7. The molecule has 0 atom stereocenters. The number of benzene rings is 2. The molecule has 34 heavy (non-hydrogen) atoms. The van der Waals surface area contributed by atoms with Gasteiger partial charge in [-0.2, -0.15) is 9.40 Å². The molecular formula is C25H31FN4O3S. The number of halogens is 1. The van der Waals surface area contributed by atoms with Crippen molar-refractivity contribution in [1.29, 1.82) is 0 Å². The number of carbonyl (C=O) groups excluding carboxylic acids is 1. The molecule has 1 heterocycles. The van der Waals surface area contributed by atoms with Gasteiger partial charge < -0.3 is 5.32 Å². The van der Waals surface area contributed by atoms with Crippen LogP contribution in [0.1, 0.15) is 56.2 Å². The molecule has 0 spiro atoms. The molecule has 0 aliphatic rings. The van der Waals surface area contributed by atoms with Crippen LogP contribution in [0.2, 0.25) is 0 Å². The monoisotopic (exact) mass is 486 g/mol. The predicted octanol–water partition coefficient (Wildman–Crippen LogP) is 4.65. The summed E-state index contributed by atoms with van der Waals surface area (Å²) in [5.41, 5.74) is 1.12. The lowest BCUT2D eigenvalue weighted by Crippen LogP contribution is -2.31. The van der Waals surface area contributed by atoms with E-state index in [0.717, 1.165) is 23.4 Å². The van der Waals surface area contributed by atoms with Crippen LogP contribution in [-0.2, 0) is 22.0 Å². The molecule has 182 valence electrons. The Morgan fingerprint density at radius 3 is 2.29 bits per heavy atom. The van der Waals surface area contributed by atoms with Crippen molar-refractivity contribution < 1.29 is 17.6 Å². The summed E-state index contributed by atoms with van der Waals surface area (Å²) in [5, 5.41) is 7.38. The van der Waals surface area contributed by atoms with E-state index in [-0.39, 0.29) is 29.0 Å². The van der Waals surface area contributed by atoms with E-state index >= 15 is 0 Å². The number of aromatic nitrogens is 2. The Balaban J connectivity index is 1.97. The summed E-state index contributed by atoms with van der Waals surface area (Å²) in [7, 11) is -3.84. The number of hydrogen-bond donors (Lipinski definition) is 1. The maximum absolute atomic E-state index is 14.6. The quantitative estimate of drug-likeness (QED) is 0.502. The molecule has 0 unspecified atom stereocenters. The molecule has 7 nitrogen and oxygen atoms in total. The van der Waals surface area contributed by atoms with Crippen LogP contribution < -0.4 is 5.32 Å². The summed E-state index contributed by atoms with van der Waals surface area (Å²) >= 11 is 0. The first-order chi connectivity index (χ1) is 16.0. The molecule has 0 aliphatic heterocycles. The fraction of sp³-hybridized carbons (Fsp3) is 0.360. The Hall–Kier alpha value is -3.04. The van der Waals surface area contributed by atoms with E-state index in [1.54, 1.807) is 24.6 Å². The molecule has 1 aromatic heterocycles. The van der Waals surface area contributed by atoms with Crippen LogP contribution in [-0.4, -0.2) is 41.5 Å². The van der Waals surface area contributed by atoms with Gasteiger partial charge in [0.05, 0.1) is 22.7 Å². The zero-order chi connectivity index (χ0) is 25.1. The van der Waals surface area contributed by atoms with Gasteiger partial charge in [0.15, 0.2) is 0 Å². The minimum Gasteiger partial charge on any atom is -0.307 e. The zero-order valence-corrected chi connectivity index (χ0v) is 21.0. The average Bonchev–Trinajstić information content (AvgIpc) is 3.18. The van der Waals surface area contributed by atoms with Gasteiger partial charge in [-0.1, -0.05) is 65.0 Å². The van der Waals surface area contributed by atoms with Crippen LogP contribution in [0.25, 0.3) is 0 Å². The van der Waals surface area contributed by atoms with Crippen molar-refractivity contribution >= 4 is 21.7 Å². The van der Waals surface area contributed by atoms with Crippen LogP contribution in [0.4, 0.5) is 10.2 Å². The summed E-state index contributed by atoms with van der Waals surface area (Å²) in [6.45, 7) is 10.4. The van der Waals surface area contributed by atoms with Crippen LogP contribution in [0, 0.1) is 5.82 Å². The summed E-state index contributed by atoms with van der Waals surface area (Å²) in [5.74, 6) is -1.15. The van der Waals surface area contributed by atoms with Gasteiger partial charge in [0, 0.05) is 24.6 Å². The summed E-state index contributed by atoms with van der Waals surface area (Å²) < 4.78 is 43.3. The number of amides is 1. The van der Waals surface area contributed by atoms with E-state index in [1.165, 1.54) is 10.4 Å². The second kappa shape index (κ2) is 10.1. The van der Waals surface area contributed by atoms with Crippen LogP contribution in [0.5, 0.6) is 0 Å². The number of nitrogens with one attached hydrogen (secondary N) is 1. The molecule has 0 bridgehead atoms. The maximum atomic E-state index is 14.6. The molecule has 3 rings (SSSR count). The maximum Gasteiger partial charge on any atom is 0.259 e. The highest BCUT2D eigenvalue weighted by Crippen LogP contribution is 2.26. The highest BCUT2D eigenvalue weighted by atomic mass is 32.2. The van der Waals surface area contributed by atoms with Crippen molar-refractivity contribution in [2.75, 3.05) is 18.4 Å². The van der Waals surface area contributed by atoms with Gasteiger partial charge in [-0.05, 0) is 23.8 Å². The standard InChI is InChI=1S/C25H31FN4O3S/c1-6-29(7-2)34(32,33)19-13-14-21(26)20(15-19)24(31)27-23-16-22(25(3,4)5)28-30(23)17-18-11-9-8-10-12-18/h8-16H,6-7,17H2,1-5H3,(H,27,31). The van der Waals surface area contributed by atoms with Crippen molar-refractivity contribution in [2.45, 2.75) is 51.5 Å². The van der Waals surface area contributed by atoms with Gasteiger partial charge in [0.2, 0.25) is 10.0 Å². The van der Waals surface area contributed by atoms with Crippen LogP contribution in [0.15, 0.2) is 59.5 Å². The first-order valence-corrected chi connectivity index (χ1v) is 12.6. The normalized spacial score (nSPS) is 12.2. The van der Waals surface area contributed by atoms with Gasteiger partial charge in [-0.15, -0.1) is 0 Å². The molecule has 3 aromatic rings. The smallest absolute Gasteiger partial charge is 0.259 e. The number of anilines is 1. The third-order valence-corrected chi connectivity index (χ3v) is 7.54. The fourth-order valence-electron chi connectivity index (χ4n) is 3.50. The molecule has 0 saturated heterocycles. The second-order valence-electron chi connectivity index (χ2n) is 8.99. The molecule has 0 saturated carbocycles. The van der Waals surface area contributed by atoms with Crippen molar-refractivity contribution in [1.82, 2.24) is 14.1 Å². The molecule has 0 radical (unpaired) electrons. The number of sulfonamides is 1. The van der Waals surface area contributed by atoms with E-state index < -0.39 is 21.7 Å². The van der Waals surface area contributed by atoms with Crippen LogP contribution in [0.3, 0.4) is 0 Å². The minimum absolute atomic E-state index is 0.129. The molecule has 0 fully saturated rings. The summed E-state index contributed by atoms with van der Waals surface area (Å²) in [6.07, 6.45) is 0. The van der Waals surface area contributed by atoms with Crippen molar-refractivity contribution in [2.24, 2.45) is 0 Å². The highest BCUT2D eigenvalue weighted by molar-refractivity contribution is 7.89. The fourth-order valence-corrected chi connectivity index (χ4v) is 4.98. The van der Waals surface area contributed by atoms with Crippen molar-refractivity contribution in [3.8, 4) is 0 Å². The first-order valence-electron chi connectivity index (χ1n) is 11.2. The molecular weight excluding hydrogens is 455 g/mol. The lowest BCUT2D eigenvalue weighted by Gasteiger charge is -2.19. The average molecular weight is 487 g/mol. The highest BCUT2D eigenvalue weighted by Gasteiger charge is 2.26. The van der Waals surface area contributed by atoms with Gasteiger partial charge in [0.25, 0.3) is 5.91 Å². The molecule has 1 amide bonds. The van der Waals surface area contributed by atoms with E-state index in [9.17, 15) is 17.6 Å². The molecule has 9 heteroatoms. The first kappa shape index (κ1) is 25.6. The lowest BCUT2D eigenvalue weighted by atomic mass is 9.92. The Morgan fingerprint density at radius 1 is 1.06 bits per heavy atom. The van der Waals surface area contributed by atoms with E-state index in [0.29, 0.717) is 12.4 Å². The van der Waals surface area contributed by atoms with E-state index in [2.05, 4.69) is 10.4 Å². The van der Waals surface area contributed by atoms with Gasteiger partial charge in [-0.3, -0.25) is 4.79 Å². The largest absolute Gasteiger partial charge is 0.307 e. The van der Waals surface area contributed by atoms with Crippen LogP contribution >= 0.6 is 0 Å². The topological polar surface area (TPSA) is 84.3 Å².